The number of thiocarbonyl (C=S) groups is 1. The van der Waals surface area contributed by atoms with E-state index in [1.54, 1.807) is 19.2 Å². The van der Waals surface area contributed by atoms with E-state index in [1.165, 1.54) is 37.4 Å². The third-order valence-corrected chi connectivity index (χ3v) is 8.42. The van der Waals surface area contributed by atoms with E-state index in [0.717, 1.165) is 30.5 Å². The zero-order valence-corrected chi connectivity index (χ0v) is 25.8. The van der Waals surface area contributed by atoms with Crippen molar-refractivity contribution in [3.05, 3.63) is 78.4 Å². The van der Waals surface area contributed by atoms with Crippen LogP contribution in [0.15, 0.2) is 67.0 Å². The van der Waals surface area contributed by atoms with Gasteiger partial charge < -0.3 is 23.9 Å². The van der Waals surface area contributed by atoms with Crippen molar-refractivity contribution in [2.75, 3.05) is 39.3 Å². The monoisotopic (exact) mass is 631 g/mol. The molecular weight excluding hydrogens is 597 g/mol. The van der Waals surface area contributed by atoms with Gasteiger partial charge in [0.25, 0.3) is 5.17 Å². The molecule has 2 N–H and O–H groups in total. The number of nitrogens with zero attached hydrogens (tertiary/aromatic N) is 3. The van der Waals surface area contributed by atoms with Gasteiger partial charge in [0.2, 0.25) is 11.8 Å². The van der Waals surface area contributed by atoms with Crippen LogP contribution < -0.4 is 25.0 Å². The number of hydrogen-bond donors (Lipinski definition) is 2. The summed E-state index contributed by atoms with van der Waals surface area (Å²) in [4.78, 5) is 28.4. The molecule has 0 spiro atoms. The summed E-state index contributed by atoms with van der Waals surface area (Å²) in [7, 11) is 3.76. The van der Waals surface area contributed by atoms with E-state index in [2.05, 4.69) is 32.7 Å². The predicted octanol–water partition coefficient (Wildman–Crippen LogP) is 5.52. The average Bonchev–Trinajstić information content (AvgIpc) is 3.57. The van der Waals surface area contributed by atoms with Gasteiger partial charge in [-0.05, 0) is 73.6 Å². The number of halogens is 1. The number of aromatic nitrogens is 2. The van der Waals surface area contributed by atoms with Crippen LogP contribution in [0.1, 0.15) is 18.4 Å². The normalized spacial score (nSPS) is 19.1. The van der Waals surface area contributed by atoms with Crippen LogP contribution >= 0.6 is 12.2 Å². The van der Waals surface area contributed by atoms with Crippen LogP contribution in [0.25, 0.3) is 10.9 Å². The zero-order valence-electron chi connectivity index (χ0n) is 25.0. The summed E-state index contributed by atoms with van der Waals surface area (Å²) >= 11 is 5.06. The Balaban J connectivity index is 1.07. The first-order valence-electron chi connectivity index (χ1n) is 14.8. The van der Waals surface area contributed by atoms with Gasteiger partial charge >= 0.3 is 0 Å². The molecule has 2 heterocycles. The van der Waals surface area contributed by atoms with Gasteiger partial charge in [-0.15, -0.1) is 0 Å². The molecule has 10 nitrogen and oxygen atoms in total. The van der Waals surface area contributed by atoms with E-state index in [1.807, 2.05) is 30.3 Å². The fourth-order valence-electron chi connectivity index (χ4n) is 6.22. The van der Waals surface area contributed by atoms with Gasteiger partial charge in [0.15, 0.2) is 23.1 Å². The van der Waals surface area contributed by atoms with Gasteiger partial charge in [-0.3, -0.25) is 10.1 Å². The molecule has 2 fully saturated rings. The Morgan fingerprint density at radius 2 is 1.80 bits per heavy atom. The van der Waals surface area contributed by atoms with Gasteiger partial charge in [-0.2, -0.15) is 0 Å². The van der Waals surface area contributed by atoms with Crippen LogP contribution in [0.3, 0.4) is 0 Å². The van der Waals surface area contributed by atoms with Gasteiger partial charge in [-0.25, -0.2) is 19.8 Å². The number of carbonyl (C=O) groups excluding carboxylic acids is 1. The van der Waals surface area contributed by atoms with E-state index >= 15 is 4.39 Å². The van der Waals surface area contributed by atoms with Gasteiger partial charge in [0, 0.05) is 25.2 Å². The Morgan fingerprint density at radius 1 is 1.02 bits per heavy atom. The van der Waals surface area contributed by atoms with Crippen molar-refractivity contribution >= 4 is 39.9 Å². The van der Waals surface area contributed by atoms with Gasteiger partial charge in [0.05, 0.1) is 36.7 Å². The summed E-state index contributed by atoms with van der Waals surface area (Å²) in [6.45, 7) is 2.95. The summed E-state index contributed by atoms with van der Waals surface area (Å²) in [6, 6.07) is 16.9. The minimum Gasteiger partial charge on any atom is -0.493 e. The molecule has 0 radical (unpaired) electrons. The molecule has 1 saturated carbocycles. The number of carbonyl (C=O) groups is 1. The molecule has 6 rings (SSSR count). The molecule has 1 aromatic heterocycles. The van der Waals surface area contributed by atoms with E-state index < -0.39 is 5.82 Å². The molecule has 1 aliphatic carbocycles. The van der Waals surface area contributed by atoms with Crippen molar-refractivity contribution in [3.63, 3.8) is 0 Å². The second kappa shape index (κ2) is 13.6. The molecule has 1 aliphatic heterocycles. The number of nitrogens with one attached hydrogen (secondary N) is 2. The molecule has 1 saturated heterocycles. The lowest BCUT2D eigenvalue weighted by atomic mass is 10.0. The van der Waals surface area contributed by atoms with Crippen LogP contribution in [0.5, 0.6) is 23.1 Å². The Hall–Kier alpha value is -4.55. The minimum atomic E-state index is -0.672. The maximum atomic E-state index is 15.1. The highest BCUT2D eigenvalue weighted by atomic mass is 32.1. The number of anilines is 1. The molecule has 3 atom stereocenters. The number of likely N-dealkylation sites (tertiary alicyclic amines) is 1. The lowest BCUT2D eigenvalue weighted by Crippen LogP contribution is -2.33. The molecule has 1 amide bonds. The third-order valence-electron chi connectivity index (χ3n) is 8.24. The Morgan fingerprint density at radius 3 is 2.53 bits per heavy atom. The molecule has 0 bridgehead atoms. The first-order valence-corrected chi connectivity index (χ1v) is 15.2. The lowest BCUT2D eigenvalue weighted by Gasteiger charge is -2.17. The minimum absolute atomic E-state index is 0.0592. The van der Waals surface area contributed by atoms with Crippen LogP contribution in [-0.4, -0.2) is 59.8 Å². The highest BCUT2D eigenvalue weighted by Gasteiger charge is 2.39. The van der Waals surface area contributed by atoms with E-state index in [0.29, 0.717) is 34.9 Å². The Labute approximate surface area is 265 Å². The third kappa shape index (κ3) is 7.40. The number of rotatable bonds is 10. The standard InChI is InChI=1S/C33H34FN5O5S/c1-39-16-22-10-21(11-23(22)17-39)18-42-30-15-27-25(14-29(30)41-2)32(36-19-35-27)43-28-9-8-24(13-26(28)34)38-44-33(45)37-31(40)12-20-6-4-3-5-7-20/h3-9,13-15,19,21-23,38H,10-12,16-18H2,1-2H3,(H,37,40,45)/t21?,22-,23+. The Bertz CT molecular complexity index is 1680. The quantitative estimate of drug-likeness (QED) is 0.172. The Kier molecular flexibility index (Phi) is 9.22. The summed E-state index contributed by atoms with van der Waals surface area (Å²) in [5.74, 6) is 2.23. The molecule has 12 heteroatoms. The fraction of sp³-hybridized carbons (Fsp3) is 0.333. The zero-order chi connectivity index (χ0) is 31.3. The number of methoxy groups -OCH3 is 1. The SMILES string of the molecule is COc1cc2c(Oc3ccc(NOC(=S)NC(=O)Cc4ccccc4)cc3F)ncnc2cc1OCC1C[C@@H]2CN(C)C[C@@H]2C1. The molecule has 234 valence electrons. The summed E-state index contributed by atoms with van der Waals surface area (Å²) < 4.78 is 32.8. The van der Waals surface area contributed by atoms with Crippen molar-refractivity contribution in [1.82, 2.24) is 20.2 Å². The first-order chi connectivity index (χ1) is 21.8. The van der Waals surface area contributed by atoms with Crippen LogP contribution in [0.2, 0.25) is 0 Å². The lowest BCUT2D eigenvalue weighted by molar-refractivity contribution is -0.119. The molecule has 3 aromatic carbocycles. The summed E-state index contributed by atoms with van der Waals surface area (Å²) in [6.07, 6.45) is 3.85. The van der Waals surface area contributed by atoms with Crippen LogP contribution in [-0.2, 0) is 16.1 Å². The molecular formula is C33H34FN5O5S. The smallest absolute Gasteiger partial charge is 0.292 e. The number of fused-ring (bicyclic) bond motifs is 2. The predicted molar refractivity (Wildman–Crippen MR) is 171 cm³/mol. The second-order valence-electron chi connectivity index (χ2n) is 11.5. The molecule has 4 aromatic rings. The maximum Gasteiger partial charge on any atom is 0.292 e. The van der Waals surface area contributed by atoms with E-state index in [9.17, 15) is 4.79 Å². The largest absolute Gasteiger partial charge is 0.493 e. The number of ether oxygens (including phenoxy) is 3. The van der Waals surface area contributed by atoms with Crippen molar-refractivity contribution in [2.45, 2.75) is 19.3 Å². The van der Waals surface area contributed by atoms with Crippen molar-refractivity contribution in [2.24, 2.45) is 17.8 Å². The van der Waals surface area contributed by atoms with Crippen molar-refractivity contribution in [3.8, 4) is 23.1 Å². The highest BCUT2D eigenvalue weighted by Crippen LogP contribution is 2.42. The average molecular weight is 632 g/mol. The number of benzene rings is 3. The first kappa shape index (κ1) is 30.5. The maximum absolute atomic E-state index is 15.1. The summed E-state index contributed by atoms with van der Waals surface area (Å²) in [5.41, 5.74) is 4.20. The number of hydrogen-bond acceptors (Lipinski definition) is 10. The fourth-order valence-corrected chi connectivity index (χ4v) is 6.37. The van der Waals surface area contributed by atoms with E-state index in [4.69, 9.17) is 31.3 Å². The van der Waals surface area contributed by atoms with Gasteiger partial charge in [-0.1, -0.05) is 30.3 Å². The van der Waals surface area contributed by atoms with Crippen molar-refractivity contribution in [1.29, 1.82) is 0 Å². The van der Waals surface area contributed by atoms with E-state index in [-0.39, 0.29) is 34.8 Å². The topological polar surface area (TPSA) is 107 Å². The summed E-state index contributed by atoms with van der Waals surface area (Å²) in [5, 5.41) is 2.82. The molecule has 45 heavy (non-hydrogen) atoms. The van der Waals surface area contributed by atoms with Gasteiger partial charge in [0.1, 0.15) is 6.33 Å². The molecule has 1 unspecified atom stereocenters. The molecule has 2 aliphatic rings. The highest BCUT2D eigenvalue weighted by molar-refractivity contribution is 7.80. The number of amides is 1. The van der Waals surface area contributed by atoms with Crippen LogP contribution in [0, 0.1) is 23.6 Å². The second-order valence-corrected chi connectivity index (χ2v) is 11.9. The van der Waals surface area contributed by atoms with Crippen molar-refractivity contribution < 1.29 is 28.2 Å². The van der Waals surface area contributed by atoms with Crippen LogP contribution in [0.4, 0.5) is 10.1 Å².